The Kier molecular flexibility index (Phi) is 7.19. The topological polar surface area (TPSA) is 36.9 Å². The zero-order chi connectivity index (χ0) is 19.1. The molecule has 0 radical (unpaired) electrons. The molecule has 2 rings (SSSR count). The van der Waals surface area contributed by atoms with Crippen LogP contribution in [0.5, 0.6) is 23.0 Å². The molecule has 4 heteroatoms. The van der Waals surface area contributed by atoms with Gasteiger partial charge in [-0.1, -0.05) is 26.8 Å². The summed E-state index contributed by atoms with van der Waals surface area (Å²) in [5, 5.41) is 0. The fourth-order valence-electron chi connectivity index (χ4n) is 2.81. The molecule has 0 heterocycles. The van der Waals surface area contributed by atoms with Gasteiger partial charge in [0.05, 0.1) is 27.9 Å². The normalized spacial score (nSPS) is 12.0. The summed E-state index contributed by atoms with van der Waals surface area (Å²) in [6, 6.07) is 12.1. The molecule has 0 N–H and O–H groups in total. The molecule has 1 unspecified atom stereocenters. The predicted octanol–water partition coefficient (Wildman–Crippen LogP) is 5.41. The maximum atomic E-state index is 6.00. The second kappa shape index (κ2) is 9.37. The molecule has 0 bridgehead atoms. The highest BCUT2D eigenvalue weighted by atomic mass is 16.5. The van der Waals surface area contributed by atoms with E-state index in [9.17, 15) is 0 Å². The summed E-state index contributed by atoms with van der Waals surface area (Å²) >= 11 is 0. The van der Waals surface area contributed by atoms with Gasteiger partial charge in [0, 0.05) is 6.07 Å². The standard InChI is InChI=1S/C22H30O4/c1-15(2)18-11-19(23-4)14-20(12-18)26-10-9-16(3)17-7-8-21(24-5)22(13-17)25-6/h7-8,11-16H,9-10H2,1-6H3. The van der Waals surface area contributed by atoms with Gasteiger partial charge in [-0.15, -0.1) is 0 Å². The maximum absolute atomic E-state index is 6.00. The number of benzene rings is 2. The predicted molar refractivity (Wildman–Crippen MR) is 105 cm³/mol. The van der Waals surface area contributed by atoms with Crippen LogP contribution in [0.4, 0.5) is 0 Å². The SMILES string of the molecule is COc1cc(OCCC(C)c2ccc(OC)c(OC)c2)cc(C(C)C)c1. The van der Waals surface area contributed by atoms with E-state index in [1.807, 2.05) is 18.2 Å². The van der Waals surface area contributed by atoms with E-state index in [4.69, 9.17) is 18.9 Å². The summed E-state index contributed by atoms with van der Waals surface area (Å²) in [6.07, 6.45) is 0.906. The fraction of sp³-hybridized carbons (Fsp3) is 0.455. The molecule has 0 aromatic heterocycles. The first-order valence-corrected chi connectivity index (χ1v) is 9.02. The quantitative estimate of drug-likeness (QED) is 0.601. The summed E-state index contributed by atoms with van der Waals surface area (Å²) in [7, 11) is 4.99. The Bertz CT molecular complexity index is 709. The van der Waals surface area contributed by atoms with E-state index >= 15 is 0 Å². The second-order valence-corrected chi connectivity index (χ2v) is 6.75. The molecule has 0 fully saturated rings. The fourth-order valence-corrected chi connectivity index (χ4v) is 2.81. The monoisotopic (exact) mass is 358 g/mol. The molecule has 4 nitrogen and oxygen atoms in total. The van der Waals surface area contributed by atoms with Crippen LogP contribution in [0.1, 0.15) is 50.2 Å². The van der Waals surface area contributed by atoms with Gasteiger partial charge in [0.1, 0.15) is 11.5 Å². The van der Waals surface area contributed by atoms with Crippen LogP contribution in [-0.4, -0.2) is 27.9 Å². The maximum Gasteiger partial charge on any atom is 0.160 e. The summed E-state index contributed by atoms with van der Waals surface area (Å²) in [5.41, 5.74) is 2.42. The molecule has 0 amide bonds. The van der Waals surface area contributed by atoms with Gasteiger partial charge in [-0.05, 0) is 53.6 Å². The van der Waals surface area contributed by atoms with Crippen LogP contribution in [-0.2, 0) is 0 Å². The molecule has 0 saturated heterocycles. The minimum atomic E-state index is 0.352. The lowest BCUT2D eigenvalue weighted by atomic mass is 9.98. The molecule has 0 saturated carbocycles. The van der Waals surface area contributed by atoms with Gasteiger partial charge >= 0.3 is 0 Å². The van der Waals surface area contributed by atoms with Gasteiger partial charge in [0.25, 0.3) is 0 Å². The third-order valence-electron chi connectivity index (χ3n) is 4.60. The van der Waals surface area contributed by atoms with Crippen molar-refractivity contribution in [3.63, 3.8) is 0 Å². The Labute approximate surface area is 157 Å². The first-order chi connectivity index (χ1) is 12.5. The second-order valence-electron chi connectivity index (χ2n) is 6.75. The average molecular weight is 358 g/mol. The van der Waals surface area contributed by atoms with Crippen molar-refractivity contribution in [1.82, 2.24) is 0 Å². The van der Waals surface area contributed by atoms with Gasteiger partial charge in [-0.2, -0.15) is 0 Å². The molecule has 2 aromatic rings. The van der Waals surface area contributed by atoms with E-state index in [-0.39, 0.29) is 0 Å². The van der Waals surface area contributed by atoms with Crippen molar-refractivity contribution in [2.24, 2.45) is 0 Å². The largest absolute Gasteiger partial charge is 0.497 e. The molecule has 2 aromatic carbocycles. The molecule has 142 valence electrons. The molecule has 0 spiro atoms. The van der Waals surface area contributed by atoms with Crippen LogP contribution in [0.2, 0.25) is 0 Å². The number of methoxy groups -OCH3 is 3. The summed E-state index contributed by atoms with van der Waals surface area (Å²) in [6.45, 7) is 7.16. The smallest absolute Gasteiger partial charge is 0.160 e. The first kappa shape index (κ1) is 20.0. The van der Waals surface area contributed by atoms with Gasteiger partial charge in [-0.3, -0.25) is 0 Å². The molecule has 26 heavy (non-hydrogen) atoms. The molecular formula is C22H30O4. The van der Waals surface area contributed by atoms with Crippen LogP contribution in [0.15, 0.2) is 36.4 Å². The third kappa shape index (κ3) is 5.07. The van der Waals surface area contributed by atoms with Crippen LogP contribution in [0, 0.1) is 0 Å². The minimum Gasteiger partial charge on any atom is -0.497 e. The van der Waals surface area contributed by atoms with Crippen molar-refractivity contribution in [3.05, 3.63) is 47.5 Å². The van der Waals surface area contributed by atoms with E-state index in [0.29, 0.717) is 18.4 Å². The Morgan fingerprint density at radius 1 is 0.731 bits per heavy atom. The zero-order valence-corrected chi connectivity index (χ0v) is 16.7. The van der Waals surface area contributed by atoms with E-state index < -0.39 is 0 Å². The van der Waals surface area contributed by atoms with Crippen LogP contribution < -0.4 is 18.9 Å². The van der Waals surface area contributed by atoms with E-state index in [2.05, 4.69) is 39.0 Å². The number of hydrogen-bond acceptors (Lipinski definition) is 4. The average Bonchev–Trinajstić information content (AvgIpc) is 2.66. The Balaban J connectivity index is 2.00. The zero-order valence-electron chi connectivity index (χ0n) is 16.7. The van der Waals surface area contributed by atoms with E-state index in [1.54, 1.807) is 21.3 Å². The summed E-state index contributed by atoms with van der Waals surface area (Å²) in [5.74, 6) is 3.97. The molecule has 1 atom stereocenters. The highest BCUT2D eigenvalue weighted by Gasteiger charge is 2.11. The lowest BCUT2D eigenvalue weighted by Crippen LogP contribution is -2.04. The van der Waals surface area contributed by atoms with Gasteiger partial charge in [-0.25, -0.2) is 0 Å². The Morgan fingerprint density at radius 3 is 2.04 bits per heavy atom. The van der Waals surface area contributed by atoms with E-state index in [1.165, 1.54) is 11.1 Å². The van der Waals surface area contributed by atoms with Crippen molar-refractivity contribution < 1.29 is 18.9 Å². The molecule has 0 aliphatic heterocycles. The molecular weight excluding hydrogens is 328 g/mol. The minimum absolute atomic E-state index is 0.352. The van der Waals surface area contributed by atoms with Crippen LogP contribution >= 0.6 is 0 Å². The van der Waals surface area contributed by atoms with Crippen molar-refractivity contribution in [2.75, 3.05) is 27.9 Å². The molecule has 0 aliphatic rings. The number of rotatable bonds is 9. The number of ether oxygens (including phenoxy) is 4. The first-order valence-electron chi connectivity index (χ1n) is 9.02. The van der Waals surface area contributed by atoms with Crippen molar-refractivity contribution in [1.29, 1.82) is 0 Å². The summed E-state index contributed by atoms with van der Waals surface area (Å²) < 4.78 is 22.1. The lowest BCUT2D eigenvalue weighted by Gasteiger charge is -2.16. The highest BCUT2D eigenvalue weighted by Crippen LogP contribution is 2.32. The van der Waals surface area contributed by atoms with Crippen LogP contribution in [0.3, 0.4) is 0 Å². The van der Waals surface area contributed by atoms with Gasteiger partial charge < -0.3 is 18.9 Å². The van der Waals surface area contributed by atoms with Gasteiger partial charge in [0.2, 0.25) is 0 Å². The van der Waals surface area contributed by atoms with Crippen LogP contribution in [0.25, 0.3) is 0 Å². The summed E-state index contributed by atoms with van der Waals surface area (Å²) in [4.78, 5) is 0. The van der Waals surface area contributed by atoms with Crippen molar-refractivity contribution in [2.45, 2.75) is 39.0 Å². The molecule has 0 aliphatic carbocycles. The lowest BCUT2D eigenvalue weighted by molar-refractivity contribution is 0.298. The van der Waals surface area contributed by atoms with E-state index in [0.717, 1.165) is 29.4 Å². The van der Waals surface area contributed by atoms with Gasteiger partial charge in [0.15, 0.2) is 11.5 Å². The Morgan fingerprint density at radius 2 is 1.42 bits per heavy atom. The third-order valence-corrected chi connectivity index (χ3v) is 4.60. The highest BCUT2D eigenvalue weighted by molar-refractivity contribution is 5.44. The van der Waals surface area contributed by atoms with Crippen molar-refractivity contribution >= 4 is 0 Å². The Hall–Kier alpha value is -2.36. The van der Waals surface area contributed by atoms with Crippen molar-refractivity contribution in [3.8, 4) is 23.0 Å². The number of hydrogen-bond donors (Lipinski definition) is 0.